The van der Waals surface area contributed by atoms with Gasteiger partial charge in [-0.25, -0.2) is 17.9 Å². The SMILES string of the molecule is O=C(O)c1ccc(Cl)c(S(=O)(=O)NCCCCO)c1. The Balaban J connectivity index is 2.94. The molecule has 0 heterocycles. The number of carboxylic acid groups (broad SMARTS) is 1. The fourth-order valence-corrected chi connectivity index (χ4v) is 2.96. The highest BCUT2D eigenvalue weighted by Crippen LogP contribution is 2.22. The molecule has 1 aromatic carbocycles. The highest BCUT2D eigenvalue weighted by Gasteiger charge is 2.19. The van der Waals surface area contributed by atoms with Crippen LogP contribution in [0.1, 0.15) is 23.2 Å². The van der Waals surface area contributed by atoms with Gasteiger partial charge in [-0.1, -0.05) is 11.6 Å². The number of carboxylic acids is 1. The molecule has 1 aromatic rings. The minimum absolute atomic E-state index is 0.0169. The normalized spacial score (nSPS) is 11.5. The van der Waals surface area contributed by atoms with Crippen LogP contribution in [0.2, 0.25) is 5.02 Å². The van der Waals surface area contributed by atoms with Crippen LogP contribution in [0.15, 0.2) is 23.1 Å². The Morgan fingerprint density at radius 2 is 2.00 bits per heavy atom. The van der Waals surface area contributed by atoms with E-state index in [-0.39, 0.29) is 28.6 Å². The van der Waals surface area contributed by atoms with Crippen molar-refractivity contribution in [3.8, 4) is 0 Å². The molecule has 0 amide bonds. The molecule has 6 nitrogen and oxygen atoms in total. The summed E-state index contributed by atoms with van der Waals surface area (Å²) in [5.41, 5.74) is -0.153. The number of nitrogens with one attached hydrogen (secondary N) is 1. The van der Waals surface area contributed by atoms with Gasteiger partial charge in [-0.05, 0) is 31.0 Å². The van der Waals surface area contributed by atoms with E-state index in [1.807, 2.05) is 0 Å². The van der Waals surface area contributed by atoms with E-state index in [0.29, 0.717) is 12.8 Å². The molecule has 0 saturated heterocycles. The summed E-state index contributed by atoms with van der Waals surface area (Å²) in [5, 5.41) is 17.4. The van der Waals surface area contributed by atoms with Crippen LogP contribution in [-0.2, 0) is 10.0 Å². The third kappa shape index (κ3) is 4.46. The van der Waals surface area contributed by atoms with E-state index < -0.39 is 16.0 Å². The zero-order valence-corrected chi connectivity index (χ0v) is 11.5. The summed E-state index contributed by atoms with van der Waals surface area (Å²) in [6.45, 7) is 0.132. The molecule has 106 valence electrons. The highest BCUT2D eigenvalue weighted by molar-refractivity contribution is 7.89. The van der Waals surface area contributed by atoms with Crippen molar-refractivity contribution in [1.82, 2.24) is 4.72 Å². The Morgan fingerprint density at radius 1 is 1.32 bits per heavy atom. The lowest BCUT2D eigenvalue weighted by atomic mass is 10.2. The average Bonchev–Trinajstić information content (AvgIpc) is 2.34. The lowest BCUT2D eigenvalue weighted by molar-refractivity contribution is 0.0696. The van der Waals surface area contributed by atoms with Gasteiger partial charge in [0, 0.05) is 13.2 Å². The maximum Gasteiger partial charge on any atom is 0.335 e. The van der Waals surface area contributed by atoms with Gasteiger partial charge in [0.1, 0.15) is 4.90 Å². The molecule has 0 aliphatic rings. The molecule has 0 aliphatic heterocycles. The first-order valence-electron chi connectivity index (χ1n) is 5.52. The average molecular weight is 308 g/mol. The summed E-state index contributed by atoms with van der Waals surface area (Å²) in [7, 11) is -3.85. The van der Waals surface area contributed by atoms with Gasteiger partial charge in [0.05, 0.1) is 10.6 Å². The molecule has 0 spiro atoms. The Hall–Kier alpha value is -1.15. The molecule has 0 unspecified atom stereocenters. The zero-order valence-electron chi connectivity index (χ0n) is 9.97. The molecule has 0 bridgehead atoms. The Kier molecular flexibility index (Phi) is 5.74. The minimum atomic E-state index is -3.85. The first kappa shape index (κ1) is 15.9. The van der Waals surface area contributed by atoms with Gasteiger partial charge in [0.25, 0.3) is 0 Å². The summed E-state index contributed by atoms with van der Waals surface area (Å²) in [6.07, 6.45) is 0.956. The van der Waals surface area contributed by atoms with Crippen molar-refractivity contribution in [3.63, 3.8) is 0 Å². The number of hydrogen-bond acceptors (Lipinski definition) is 4. The van der Waals surface area contributed by atoms with Crippen LogP contribution < -0.4 is 4.72 Å². The Labute approximate surface area is 116 Å². The van der Waals surface area contributed by atoms with Gasteiger partial charge in [0.15, 0.2) is 0 Å². The quantitative estimate of drug-likeness (QED) is 0.654. The van der Waals surface area contributed by atoms with Gasteiger partial charge < -0.3 is 10.2 Å². The Morgan fingerprint density at radius 3 is 2.58 bits per heavy atom. The molecule has 8 heteroatoms. The van der Waals surface area contributed by atoms with Crippen molar-refractivity contribution >= 4 is 27.6 Å². The van der Waals surface area contributed by atoms with Crippen molar-refractivity contribution in [3.05, 3.63) is 28.8 Å². The number of carbonyl (C=O) groups is 1. The largest absolute Gasteiger partial charge is 0.478 e. The van der Waals surface area contributed by atoms with E-state index in [1.165, 1.54) is 12.1 Å². The first-order valence-corrected chi connectivity index (χ1v) is 7.38. The molecule has 0 saturated carbocycles. The molecule has 0 aromatic heterocycles. The minimum Gasteiger partial charge on any atom is -0.478 e. The van der Waals surface area contributed by atoms with Crippen molar-refractivity contribution in [2.24, 2.45) is 0 Å². The highest BCUT2D eigenvalue weighted by atomic mass is 35.5. The van der Waals surface area contributed by atoms with Crippen molar-refractivity contribution in [2.75, 3.05) is 13.2 Å². The van der Waals surface area contributed by atoms with Gasteiger partial charge in [-0.15, -0.1) is 0 Å². The van der Waals surface area contributed by atoms with Crippen LogP contribution in [0.3, 0.4) is 0 Å². The monoisotopic (exact) mass is 307 g/mol. The second-order valence-electron chi connectivity index (χ2n) is 3.78. The molecule has 19 heavy (non-hydrogen) atoms. The molecule has 0 radical (unpaired) electrons. The van der Waals surface area contributed by atoms with Gasteiger partial charge >= 0.3 is 5.97 Å². The smallest absolute Gasteiger partial charge is 0.335 e. The summed E-state index contributed by atoms with van der Waals surface area (Å²) >= 11 is 5.77. The second kappa shape index (κ2) is 6.85. The van der Waals surface area contributed by atoms with E-state index in [9.17, 15) is 13.2 Å². The summed E-state index contributed by atoms with van der Waals surface area (Å²) in [4.78, 5) is 10.5. The van der Waals surface area contributed by atoms with Gasteiger partial charge in [-0.2, -0.15) is 0 Å². The summed E-state index contributed by atoms with van der Waals surface area (Å²) < 4.78 is 26.2. The predicted molar refractivity (Wildman–Crippen MR) is 69.9 cm³/mol. The number of benzene rings is 1. The number of aromatic carboxylic acids is 1. The van der Waals surface area contributed by atoms with Crippen LogP contribution in [0.4, 0.5) is 0 Å². The lowest BCUT2D eigenvalue weighted by Gasteiger charge is -2.08. The summed E-state index contributed by atoms with van der Waals surface area (Å²) in [5.74, 6) is -1.23. The first-order chi connectivity index (χ1) is 8.88. The van der Waals surface area contributed by atoms with Crippen LogP contribution >= 0.6 is 11.6 Å². The number of unbranched alkanes of at least 4 members (excludes halogenated alkanes) is 1. The lowest BCUT2D eigenvalue weighted by Crippen LogP contribution is -2.25. The maximum absolute atomic E-state index is 11.9. The van der Waals surface area contributed by atoms with Crippen LogP contribution in [0, 0.1) is 0 Å². The van der Waals surface area contributed by atoms with E-state index >= 15 is 0 Å². The van der Waals surface area contributed by atoms with Crippen LogP contribution in [0.5, 0.6) is 0 Å². The third-order valence-electron chi connectivity index (χ3n) is 2.34. The number of sulfonamides is 1. The molecule has 0 atom stereocenters. The number of rotatable bonds is 7. The van der Waals surface area contributed by atoms with Crippen LogP contribution in [0.25, 0.3) is 0 Å². The molecular formula is C11H14ClNO5S. The molecule has 0 fully saturated rings. The fraction of sp³-hybridized carbons (Fsp3) is 0.364. The second-order valence-corrected chi connectivity index (χ2v) is 5.92. The topological polar surface area (TPSA) is 104 Å². The van der Waals surface area contributed by atoms with E-state index in [1.54, 1.807) is 0 Å². The molecule has 3 N–H and O–H groups in total. The van der Waals surface area contributed by atoms with Crippen molar-refractivity contribution in [2.45, 2.75) is 17.7 Å². The Bertz CT molecular complexity index is 558. The zero-order chi connectivity index (χ0) is 14.5. The van der Waals surface area contributed by atoms with E-state index in [4.69, 9.17) is 21.8 Å². The van der Waals surface area contributed by atoms with Gasteiger partial charge in [0.2, 0.25) is 10.0 Å². The third-order valence-corrected chi connectivity index (χ3v) is 4.29. The standard InChI is InChI=1S/C11H14ClNO5S/c12-9-4-3-8(11(15)16)7-10(9)19(17,18)13-5-1-2-6-14/h3-4,7,13-14H,1-2,5-6H2,(H,15,16). The number of aliphatic hydroxyl groups excluding tert-OH is 1. The summed E-state index contributed by atoms with van der Waals surface area (Å²) in [6, 6.07) is 3.47. The van der Waals surface area contributed by atoms with Gasteiger partial charge in [-0.3, -0.25) is 0 Å². The van der Waals surface area contributed by atoms with Crippen LogP contribution in [-0.4, -0.2) is 37.8 Å². The number of aliphatic hydroxyl groups is 1. The van der Waals surface area contributed by atoms with Crippen molar-refractivity contribution < 1.29 is 23.4 Å². The predicted octanol–water partition coefficient (Wildman–Crippen LogP) is 1.09. The number of hydrogen-bond donors (Lipinski definition) is 3. The maximum atomic E-state index is 11.9. The molecule has 0 aliphatic carbocycles. The van der Waals surface area contributed by atoms with E-state index in [2.05, 4.69) is 4.72 Å². The van der Waals surface area contributed by atoms with Crippen molar-refractivity contribution in [1.29, 1.82) is 0 Å². The fourth-order valence-electron chi connectivity index (χ4n) is 1.36. The molecular weight excluding hydrogens is 294 g/mol. The number of halogens is 1. The van der Waals surface area contributed by atoms with E-state index in [0.717, 1.165) is 6.07 Å². The molecule has 1 rings (SSSR count).